The van der Waals surface area contributed by atoms with Crippen molar-refractivity contribution >= 4 is 56.7 Å². The summed E-state index contributed by atoms with van der Waals surface area (Å²) in [6.07, 6.45) is 0.503. The Hall–Kier alpha value is -2.58. The Bertz CT molecular complexity index is 874. The molecule has 0 unspecified atom stereocenters. The van der Waals surface area contributed by atoms with Gasteiger partial charge in [-0.05, 0) is 48.9 Å². The molecule has 0 fully saturated rings. The summed E-state index contributed by atoms with van der Waals surface area (Å²) < 4.78 is 11.0. The van der Waals surface area contributed by atoms with Crippen LogP contribution in [0.1, 0.15) is 19.3 Å². The normalized spacial score (nSPS) is 10.2. The Kier molecular flexibility index (Phi) is 8.95. The van der Waals surface area contributed by atoms with E-state index in [1.54, 1.807) is 24.3 Å². The van der Waals surface area contributed by atoms with E-state index in [9.17, 15) is 14.4 Å². The third kappa shape index (κ3) is 8.13. The topological polar surface area (TPSA) is 93.7 Å². The van der Waals surface area contributed by atoms with Crippen LogP contribution >= 0.6 is 27.5 Å². The first-order valence-electron chi connectivity index (χ1n) is 8.72. The molecular formula is C20H20BrClN2O5. The lowest BCUT2D eigenvalue weighted by Crippen LogP contribution is -2.21. The molecule has 0 radical (unpaired) electrons. The molecule has 0 saturated heterocycles. The van der Waals surface area contributed by atoms with Gasteiger partial charge in [-0.1, -0.05) is 27.5 Å². The molecule has 0 aliphatic rings. The predicted octanol–water partition coefficient (Wildman–Crippen LogP) is 4.40. The van der Waals surface area contributed by atoms with E-state index in [-0.39, 0.29) is 18.7 Å². The molecule has 2 N–H and O–H groups in total. The molecule has 154 valence electrons. The molecule has 0 bridgehead atoms. The van der Waals surface area contributed by atoms with E-state index in [0.717, 1.165) is 4.47 Å². The summed E-state index contributed by atoms with van der Waals surface area (Å²) in [7, 11) is 1.46. The largest absolute Gasteiger partial charge is 0.495 e. The van der Waals surface area contributed by atoms with Gasteiger partial charge in [-0.2, -0.15) is 0 Å². The lowest BCUT2D eigenvalue weighted by molar-refractivity contribution is -0.147. The summed E-state index contributed by atoms with van der Waals surface area (Å²) in [5, 5.41) is 5.74. The molecule has 0 spiro atoms. The van der Waals surface area contributed by atoms with Gasteiger partial charge in [0.05, 0.1) is 12.8 Å². The first kappa shape index (κ1) is 22.7. The third-order valence-electron chi connectivity index (χ3n) is 3.71. The fourth-order valence-electron chi connectivity index (χ4n) is 2.33. The smallest absolute Gasteiger partial charge is 0.306 e. The van der Waals surface area contributed by atoms with Crippen LogP contribution in [-0.4, -0.2) is 31.5 Å². The number of nitrogens with one attached hydrogen (secondary N) is 2. The molecule has 0 aliphatic heterocycles. The van der Waals surface area contributed by atoms with Crippen LogP contribution in [0.4, 0.5) is 11.4 Å². The number of anilines is 2. The second kappa shape index (κ2) is 11.4. The van der Waals surface area contributed by atoms with Crippen molar-refractivity contribution in [2.75, 3.05) is 24.4 Å². The van der Waals surface area contributed by atoms with Gasteiger partial charge in [0, 0.05) is 28.0 Å². The summed E-state index contributed by atoms with van der Waals surface area (Å²) in [4.78, 5) is 35.6. The van der Waals surface area contributed by atoms with E-state index in [4.69, 9.17) is 21.1 Å². The van der Waals surface area contributed by atoms with Crippen molar-refractivity contribution in [1.29, 1.82) is 0 Å². The van der Waals surface area contributed by atoms with Gasteiger partial charge in [0.1, 0.15) is 5.75 Å². The molecule has 0 atom stereocenters. The Labute approximate surface area is 181 Å². The van der Waals surface area contributed by atoms with Gasteiger partial charge in [-0.3, -0.25) is 14.4 Å². The van der Waals surface area contributed by atoms with E-state index in [1.165, 1.54) is 13.2 Å². The standard InChI is InChI=1S/C20H20BrClN2O5/c1-28-17-10-7-14(22)11-16(17)24-19(26)12-29-20(27)4-2-3-18(25)23-15-8-5-13(21)6-9-15/h5-11H,2-4,12H2,1H3,(H,23,25)(H,24,26). The number of rotatable bonds is 9. The minimum atomic E-state index is -0.561. The van der Waals surface area contributed by atoms with Gasteiger partial charge >= 0.3 is 5.97 Å². The van der Waals surface area contributed by atoms with E-state index in [2.05, 4.69) is 26.6 Å². The molecule has 2 aromatic carbocycles. The lowest BCUT2D eigenvalue weighted by atomic mass is 10.2. The number of carbonyl (C=O) groups excluding carboxylic acids is 3. The Morgan fingerprint density at radius 1 is 1.00 bits per heavy atom. The van der Waals surface area contributed by atoms with Crippen molar-refractivity contribution < 1.29 is 23.9 Å². The zero-order valence-corrected chi connectivity index (χ0v) is 18.0. The summed E-state index contributed by atoms with van der Waals surface area (Å²) in [6.45, 7) is -0.445. The second-order valence-electron chi connectivity index (χ2n) is 5.96. The quantitative estimate of drug-likeness (QED) is 0.516. The van der Waals surface area contributed by atoms with Gasteiger partial charge in [0.25, 0.3) is 5.91 Å². The molecule has 7 nitrogen and oxygen atoms in total. The fraction of sp³-hybridized carbons (Fsp3) is 0.250. The van der Waals surface area contributed by atoms with E-state index in [0.29, 0.717) is 28.6 Å². The van der Waals surface area contributed by atoms with E-state index in [1.807, 2.05) is 12.1 Å². The van der Waals surface area contributed by atoms with Gasteiger partial charge < -0.3 is 20.1 Å². The number of ether oxygens (including phenoxy) is 2. The first-order chi connectivity index (χ1) is 13.9. The van der Waals surface area contributed by atoms with Crippen LogP contribution in [0.2, 0.25) is 5.02 Å². The van der Waals surface area contributed by atoms with Crippen molar-refractivity contribution in [2.45, 2.75) is 19.3 Å². The Morgan fingerprint density at radius 2 is 1.72 bits per heavy atom. The van der Waals surface area contributed by atoms with Crippen molar-refractivity contribution in [3.63, 3.8) is 0 Å². The second-order valence-corrected chi connectivity index (χ2v) is 7.31. The molecule has 0 saturated carbocycles. The number of esters is 1. The molecule has 0 aliphatic carbocycles. The van der Waals surface area contributed by atoms with Crippen molar-refractivity contribution in [2.24, 2.45) is 0 Å². The number of halogens is 2. The predicted molar refractivity (Wildman–Crippen MR) is 114 cm³/mol. The first-order valence-corrected chi connectivity index (χ1v) is 9.89. The van der Waals surface area contributed by atoms with Crippen LogP contribution in [-0.2, 0) is 19.1 Å². The van der Waals surface area contributed by atoms with Crippen molar-refractivity contribution in [1.82, 2.24) is 0 Å². The zero-order valence-electron chi connectivity index (χ0n) is 15.7. The zero-order chi connectivity index (χ0) is 21.2. The SMILES string of the molecule is COc1ccc(Cl)cc1NC(=O)COC(=O)CCCC(=O)Nc1ccc(Br)cc1. The monoisotopic (exact) mass is 482 g/mol. The summed E-state index contributed by atoms with van der Waals surface area (Å²) in [5.41, 5.74) is 1.06. The minimum Gasteiger partial charge on any atom is -0.495 e. The highest BCUT2D eigenvalue weighted by atomic mass is 79.9. The van der Waals surface area contributed by atoms with Gasteiger partial charge in [-0.25, -0.2) is 0 Å². The van der Waals surface area contributed by atoms with Crippen LogP contribution in [0.25, 0.3) is 0 Å². The molecule has 9 heteroatoms. The lowest BCUT2D eigenvalue weighted by Gasteiger charge is -2.11. The van der Waals surface area contributed by atoms with Crippen LogP contribution in [0.3, 0.4) is 0 Å². The minimum absolute atomic E-state index is 0.0293. The maximum Gasteiger partial charge on any atom is 0.306 e. The third-order valence-corrected chi connectivity index (χ3v) is 4.48. The van der Waals surface area contributed by atoms with Gasteiger partial charge in [0.15, 0.2) is 6.61 Å². The number of hydrogen-bond donors (Lipinski definition) is 2. The van der Waals surface area contributed by atoms with Crippen LogP contribution in [0, 0.1) is 0 Å². The number of methoxy groups -OCH3 is 1. The van der Waals surface area contributed by atoms with Gasteiger partial charge in [0.2, 0.25) is 5.91 Å². The van der Waals surface area contributed by atoms with E-state index < -0.39 is 18.5 Å². The highest BCUT2D eigenvalue weighted by molar-refractivity contribution is 9.10. The number of carbonyl (C=O) groups is 3. The molecule has 2 aromatic rings. The van der Waals surface area contributed by atoms with Crippen molar-refractivity contribution in [3.05, 3.63) is 52.0 Å². The van der Waals surface area contributed by atoms with Gasteiger partial charge in [-0.15, -0.1) is 0 Å². The average Bonchev–Trinajstić information content (AvgIpc) is 2.68. The highest BCUT2D eigenvalue weighted by Gasteiger charge is 2.12. The van der Waals surface area contributed by atoms with Crippen LogP contribution in [0.5, 0.6) is 5.75 Å². The maximum absolute atomic E-state index is 12.0. The Morgan fingerprint density at radius 3 is 2.41 bits per heavy atom. The van der Waals surface area contributed by atoms with Crippen LogP contribution in [0.15, 0.2) is 46.9 Å². The highest BCUT2D eigenvalue weighted by Crippen LogP contribution is 2.27. The number of benzene rings is 2. The maximum atomic E-state index is 12.0. The molecule has 0 aromatic heterocycles. The summed E-state index contributed by atoms with van der Waals surface area (Å²) >= 11 is 9.22. The molecule has 0 heterocycles. The fourth-order valence-corrected chi connectivity index (χ4v) is 2.77. The number of amides is 2. The molecule has 2 rings (SSSR count). The van der Waals surface area contributed by atoms with Crippen molar-refractivity contribution in [3.8, 4) is 5.75 Å². The molecule has 2 amide bonds. The Balaban J connectivity index is 1.67. The molecular weight excluding hydrogens is 464 g/mol. The average molecular weight is 484 g/mol. The summed E-state index contributed by atoms with van der Waals surface area (Å²) in [6, 6.07) is 11.9. The summed E-state index contributed by atoms with van der Waals surface area (Å²) in [5.74, 6) is -0.849. The van der Waals surface area contributed by atoms with Crippen LogP contribution < -0.4 is 15.4 Å². The number of hydrogen-bond acceptors (Lipinski definition) is 5. The van der Waals surface area contributed by atoms with E-state index >= 15 is 0 Å². The molecule has 29 heavy (non-hydrogen) atoms.